The molecule has 2 aliphatic rings. The number of rotatable bonds is 2. The van der Waals surface area contributed by atoms with Gasteiger partial charge < -0.3 is 9.47 Å². The highest BCUT2D eigenvalue weighted by Gasteiger charge is 2.37. The second-order valence-corrected chi connectivity index (χ2v) is 4.28. The quantitative estimate of drug-likeness (QED) is 0.678. The van der Waals surface area contributed by atoms with E-state index in [0.717, 1.165) is 12.8 Å². The fourth-order valence-electron chi connectivity index (χ4n) is 2.61. The molecule has 0 aromatic carbocycles. The van der Waals surface area contributed by atoms with E-state index in [1.165, 1.54) is 12.8 Å². The van der Waals surface area contributed by atoms with Crippen molar-refractivity contribution < 1.29 is 14.3 Å². The molecule has 1 aliphatic heterocycles. The Morgan fingerprint density at radius 3 is 2.43 bits per heavy atom. The molecule has 0 bridgehead atoms. The van der Waals surface area contributed by atoms with Gasteiger partial charge in [0, 0.05) is 11.8 Å². The zero-order valence-corrected chi connectivity index (χ0v) is 8.70. The normalized spacial score (nSPS) is 34.6. The first-order valence-electron chi connectivity index (χ1n) is 5.52. The van der Waals surface area contributed by atoms with Gasteiger partial charge in [0.05, 0.1) is 13.2 Å². The summed E-state index contributed by atoms with van der Waals surface area (Å²) in [5.41, 5.74) is 0. The minimum absolute atomic E-state index is 0.107. The van der Waals surface area contributed by atoms with E-state index in [1.807, 2.05) is 0 Å². The molecule has 3 nitrogen and oxygen atoms in total. The van der Waals surface area contributed by atoms with Crippen LogP contribution in [0.15, 0.2) is 0 Å². The van der Waals surface area contributed by atoms with E-state index in [0.29, 0.717) is 24.9 Å². The third-order valence-electron chi connectivity index (χ3n) is 3.34. The van der Waals surface area contributed by atoms with Crippen LogP contribution < -0.4 is 0 Å². The lowest BCUT2D eigenvalue weighted by molar-refractivity contribution is -0.138. The lowest BCUT2D eigenvalue weighted by Crippen LogP contribution is -2.35. The van der Waals surface area contributed by atoms with Crippen molar-refractivity contribution in [1.82, 2.24) is 0 Å². The Bertz CT molecular complexity index is 209. The largest absolute Gasteiger partial charge is 0.350 e. The molecule has 2 atom stereocenters. The standard InChI is InChI=1S/C11H18O3/c1-8(12)9-4-2-3-5-10(9)11-13-6-7-14-11/h9-11H,2-7H2,1H3/t9-,10-/m0/s1. The second-order valence-electron chi connectivity index (χ2n) is 4.28. The number of hydrogen-bond donors (Lipinski definition) is 0. The summed E-state index contributed by atoms with van der Waals surface area (Å²) in [6.07, 6.45) is 4.37. The van der Waals surface area contributed by atoms with E-state index in [4.69, 9.17) is 9.47 Å². The summed E-state index contributed by atoms with van der Waals surface area (Å²) >= 11 is 0. The van der Waals surface area contributed by atoms with Gasteiger partial charge in [-0.2, -0.15) is 0 Å². The van der Waals surface area contributed by atoms with Crippen molar-refractivity contribution in [3.8, 4) is 0 Å². The van der Waals surface area contributed by atoms with Crippen LogP contribution in [0.3, 0.4) is 0 Å². The molecule has 0 unspecified atom stereocenters. The first-order chi connectivity index (χ1) is 6.79. The third kappa shape index (κ3) is 1.98. The zero-order valence-electron chi connectivity index (χ0n) is 8.70. The van der Waals surface area contributed by atoms with Gasteiger partial charge in [-0.25, -0.2) is 0 Å². The molecule has 1 saturated heterocycles. The van der Waals surface area contributed by atoms with Crippen molar-refractivity contribution in [1.29, 1.82) is 0 Å². The molecule has 0 aromatic heterocycles. The van der Waals surface area contributed by atoms with Crippen molar-refractivity contribution in [3.63, 3.8) is 0 Å². The van der Waals surface area contributed by atoms with Gasteiger partial charge in [-0.1, -0.05) is 12.8 Å². The van der Waals surface area contributed by atoms with Crippen molar-refractivity contribution in [2.24, 2.45) is 11.8 Å². The molecule has 2 rings (SSSR count). The topological polar surface area (TPSA) is 35.5 Å². The summed E-state index contributed by atoms with van der Waals surface area (Å²) in [6.45, 7) is 3.07. The molecule has 14 heavy (non-hydrogen) atoms. The van der Waals surface area contributed by atoms with Crippen LogP contribution in [0.2, 0.25) is 0 Å². The van der Waals surface area contributed by atoms with Crippen LogP contribution in [0.1, 0.15) is 32.6 Å². The summed E-state index contributed by atoms with van der Waals surface area (Å²) in [5, 5.41) is 0. The predicted octanol–water partition coefficient (Wildman–Crippen LogP) is 1.75. The first kappa shape index (κ1) is 10.1. The lowest BCUT2D eigenvalue weighted by atomic mass is 9.77. The third-order valence-corrected chi connectivity index (χ3v) is 3.34. The molecule has 0 spiro atoms. The van der Waals surface area contributed by atoms with Gasteiger partial charge in [0.1, 0.15) is 5.78 Å². The van der Waals surface area contributed by atoms with Crippen molar-refractivity contribution in [2.75, 3.05) is 13.2 Å². The SMILES string of the molecule is CC(=O)[C@@H]1CCCC[C@@H]1C1OCCO1. The highest BCUT2D eigenvalue weighted by atomic mass is 16.7. The second kappa shape index (κ2) is 4.41. The summed E-state index contributed by atoms with van der Waals surface area (Å²) in [5.74, 6) is 0.782. The Kier molecular flexibility index (Phi) is 3.19. The van der Waals surface area contributed by atoms with Crippen LogP contribution in [-0.2, 0) is 14.3 Å². The predicted molar refractivity (Wildman–Crippen MR) is 51.8 cm³/mol. The first-order valence-corrected chi connectivity index (χ1v) is 5.52. The van der Waals surface area contributed by atoms with Crippen LogP contribution in [0.5, 0.6) is 0 Å². The fraction of sp³-hybridized carbons (Fsp3) is 0.909. The average Bonchev–Trinajstić information content (AvgIpc) is 2.70. The molecule has 3 heteroatoms. The maximum atomic E-state index is 11.5. The number of ketones is 1. The average molecular weight is 198 g/mol. The van der Waals surface area contributed by atoms with Crippen LogP contribution in [0, 0.1) is 11.8 Å². The number of Topliss-reactive ketones (excluding diaryl/α,β-unsaturated/α-hetero) is 1. The van der Waals surface area contributed by atoms with E-state index >= 15 is 0 Å². The zero-order chi connectivity index (χ0) is 9.97. The number of hydrogen-bond acceptors (Lipinski definition) is 3. The van der Waals surface area contributed by atoms with Crippen LogP contribution in [0.4, 0.5) is 0 Å². The van der Waals surface area contributed by atoms with Gasteiger partial charge >= 0.3 is 0 Å². The van der Waals surface area contributed by atoms with Crippen LogP contribution in [-0.4, -0.2) is 25.3 Å². The molecular formula is C11H18O3. The van der Waals surface area contributed by atoms with Gasteiger partial charge in [0.2, 0.25) is 0 Å². The number of carbonyl (C=O) groups excluding carboxylic acids is 1. The molecule has 0 radical (unpaired) electrons. The van der Waals surface area contributed by atoms with Crippen molar-refractivity contribution in [2.45, 2.75) is 38.9 Å². The maximum absolute atomic E-state index is 11.5. The maximum Gasteiger partial charge on any atom is 0.161 e. The highest BCUT2D eigenvalue weighted by molar-refractivity contribution is 5.78. The molecule has 1 saturated carbocycles. The Morgan fingerprint density at radius 2 is 1.79 bits per heavy atom. The van der Waals surface area contributed by atoms with Crippen molar-refractivity contribution in [3.05, 3.63) is 0 Å². The summed E-state index contributed by atoms with van der Waals surface area (Å²) < 4.78 is 11.0. The van der Waals surface area contributed by atoms with Gasteiger partial charge in [-0.05, 0) is 19.8 Å². The molecule has 1 aliphatic carbocycles. The summed E-state index contributed by atoms with van der Waals surface area (Å²) in [7, 11) is 0. The van der Waals surface area contributed by atoms with Crippen molar-refractivity contribution >= 4 is 5.78 Å². The van der Waals surface area contributed by atoms with E-state index in [9.17, 15) is 4.79 Å². The van der Waals surface area contributed by atoms with Crippen LogP contribution in [0.25, 0.3) is 0 Å². The van der Waals surface area contributed by atoms with Gasteiger partial charge in [-0.3, -0.25) is 4.79 Å². The smallest absolute Gasteiger partial charge is 0.161 e. The Morgan fingerprint density at radius 1 is 1.14 bits per heavy atom. The summed E-state index contributed by atoms with van der Waals surface area (Å²) in [6, 6.07) is 0. The van der Waals surface area contributed by atoms with E-state index in [-0.39, 0.29) is 12.2 Å². The Hall–Kier alpha value is -0.410. The van der Waals surface area contributed by atoms with E-state index in [1.54, 1.807) is 6.92 Å². The molecule has 80 valence electrons. The number of carbonyl (C=O) groups is 1. The Labute approximate surface area is 84.8 Å². The van der Waals surface area contributed by atoms with E-state index in [2.05, 4.69) is 0 Å². The molecule has 0 N–H and O–H groups in total. The van der Waals surface area contributed by atoms with Gasteiger partial charge in [0.15, 0.2) is 6.29 Å². The van der Waals surface area contributed by atoms with Gasteiger partial charge in [0.25, 0.3) is 0 Å². The minimum atomic E-state index is -0.107. The Balaban J connectivity index is 2.01. The molecular weight excluding hydrogens is 180 g/mol. The van der Waals surface area contributed by atoms with Gasteiger partial charge in [-0.15, -0.1) is 0 Å². The van der Waals surface area contributed by atoms with E-state index < -0.39 is 0 Å². The number of ether oxygens (including phenoxy) is 2. The highest BCUT2D eigenvalue weighted by Crippen LogP contribution is 2.35. The summed E-state index contributed by atoms with van der Waals surface area (Å²) in [4.78, 5) is 11.5. The minimum Gasteiger partial charge on any atom is -0.350 e. The molecule has 0 aromatic rings. The van der Waals surface area contributed by atoms with Crippen LogP contribution >= 0.6 is 0 Å². The fourth-order valence-corrected chi connectivity index (χ4v) is 2.61. The molecule has 1 heterocycles. The molecule has 2 fully saturated rings. The monoisotopic (exact) mass is 198 g/mol. The molecule has 0 amide bonds. The lowest BCUT2D eigenvalue weighted by Gasteiger charge is -2.32.